The summed E-state index contributed by atoms with van der Waals surface area (Å²) in [5.41, 5.74) is 1.64. The highest BCUT2D eigenvalue weighted by Crippen LogP contribution is 2.36. The normalized spacial score (nSPS) is 11.1. The van der Waals surface area contributed by atoms with Gasteiger partial charge in [0, 0.05) is 18.3 Å². The number of aryl methyl sites for hydroxylation is 2. The predicted molar refractivity (Wildman–Crippen MR) is 132 cm³/mol. The van der Waals surface area contributed by atoms with Crippen LogP contribution in [0.25, 0.3) is 0 Å². The molecule has 8 nitrogen and oxygen atoms in total. The number of ether oxygens (including phenoxy) is 1. The third-order valence-corrected chi connectivity index (χ3v) is 7.10. The van der Waals surface area contributed by atoms with E-state index >= 15 is 0 Å². The third-order valence-electron chi connectivity index (χ3n) is 5.30. The zero-order valence-corrected chi connectivity index (χ0v) is 20.9. The molecular weight excluding hydrogens is 487 g/mol. The van der Waals surface area contributed by atoms with Gasteiger partial charge in [-0.05, 0) is 79.9 Å². The first-order valence-electron chi connectivity index (χ1n) is 11.2. The minimum absolute atomic E-state index is 0.145. The topological polar surface area (TPSA) is 122 Å². The number of phenolic OH excluding ortho intramolecular Hbond substituents is 1. The number of rotatable bonds is 8. The molecule has 0 aliphatic heterocycles. The summed E-state index contributed by atoms with van der Waals surface area (Å²) in [5.74, 6) is -2.01. The van der Waals surface area contributed by atoms with Crippen LogP contribution in [0.3, 0.4) is 0 Å². The molecule has 0 unspecified atom stereocenters. The summed E-state index contributed by atoms with van der Waals surface area (Å²) in [6, 6.07) is 11.3. The Morgan fingerprint density at radius 3 is 2.22 bits per heavy atom. The second-order valence-electron chi connectivity index (χ2n) is 8.19. The number of anilines is 1. The number of phenols is 1. The van der Waals surface area contributed by atoms with Crippen molar-refractivity contribution in [3.63, 3.8) is 0 Å². The summed E-state index contributed by atoms with van der Waals surface area (Å²) >= 11 is 0. The number of aromatic hydroxyl groups is 1. The molecular formula is C26H27FN2O6S. The van der Waals surface area contributed by atoms with Gasteiger partial charge in [0.15, 0.2) is 0 Å². The van der Waals surface area contributed by atoms with E-state index in [4.69, 9.17) is 4.74 Å². The fraction of sp³-hybridized carbons (Fsp3) is 0.231. The van der Waals surface area contributed by atoms with E-state index in [0.717, 1.165) is 37.1 Å². The number of halogens is 1. The number of benzene rings is 3. The molecule has 3 aromatic rings. The number of unbranched alkanes of at least 4 members (excludes halogenated alkanes) is 1. The molecule has 3 N–H and O–H groups in total. The van der Waals surface area contributed by atoms with Gasteiger partial charge < -0.3 is 20.5 Å². The van der Waals surface area contributed by atoms with Crippen LogP contribution in [0.2, 0.25) is 0 Å². The molecule has 0 saturated carbocycles. The van der Waals surface area contributed by atoms with Gasteiger partial charge in [-0.15, -0.1) is 0 Å². The average molecular weight is 515 g/mol. The van der Waals surface area contributed by atoms with Crippen LogP contribution in [0.4, 0.5) is 10.1 Å². The first-order chi connectivity index (χ1) is 17.0. The van der Waals surface area contributed by atoms with Crippen molar-refractivity contribution in [3.05, 3.63) is 71.5 Å². The lowest BCUT2D eigenvalue weighted by Crippen LogP contribution is -2.35. The highest BCUT2D eigenvalue weighted by molar-refractivity contribution is 7.91. The van der Waals surface area contributed by atoms with Crippen LogP contribution < -0.4 is 15.4 Å². The van der Waals surface area contributed by atoms with Crippen molar-refractivity contribution in [1.82, 2.24) is 5.32 Å². The minimum Gasteiger partial charge on any atom is -0.507 e. The van der Waals surface area contributed by atoms with Crippen molar-refractivity contribution in [2.45, 2.75) is 43.4 Å². The van der Waals surface area contributed by atoms with E-state index in [1.165, 1.54) is 18.2 Å². The van der Waals surface area contributed by atoms with Gasteiger partial charge in [-0.1, -0.05) is 13.3 Å². The van der Waals surface area contributed by atoms with E-state index in [1.807, 2.05) is 6.92 Å². The van der Waals surface area contributed by atoms with Crippen molar-refractivity contribution >= 4 is 27.3 Å². The Hall–Kier alpha value is -3.92. The molecule has 0 aromatic heterocycles. The van der Waals surface area contributed by atoms with Crippen LogP contribution in [0, 0.1) is 19.7 Å². The smallest absolute Gasteiger partial charge is 0.313 e. The van der Waals surface area contributed by atoms with Gasteiger partial charge in [0.25, 0.3) is 0 Å². The Kier molecular flexibility index (Phi) is 8.31. The van der Waals surface area contributed by atoms with Crippen LogP contribution in [-0.4, -0.2) is 31.9 Å². The van der Waals surface area contributed by atoms with Gasteiger partial charge in [-0.3, -0.25) is 9.59 Å². The minimum atomic E-state index is -4.14. The predicted octanol–water partition coefficient (Wildman–Crippen LogP) is 4.63. The third kappa shape index (κ3) is 6.19. The van der Waals surface area contributed by atoms with Gasteiger partial charge >= 0.3 is 11.8 Å². The highest BCUT2D eigenvalue weighted by atomic mass is 32.2. The molecule has 0 fully saturated rings. The first kappa shape index (κ1) is 26.7. The maximum Gasteiger partial charge on any atom is 0.313 e. The van der Waals surface area contributed by atoms with E-state index in [2.05, 4.69) is 10.6 Å². The Morgan fingerprint density at radius 2 is 1.61 bits per heavy atom. The summed E-state index contributed by atoms with van der Waals surface area (Å²) in [4.78, 5) is 23.5. The van der Waals surface area contributed by atoms with Crippen LogP contribution in [0.1, 0.15) is 30.9 Å². The van der Waals surface area contributed by atoms with E-state index in [1.54, 1.807) is 26.0 Å². The van der Waals surface area contributed by atoms with Crippen molar-refractivity contribution in [2.75, 3.05) is 11.9 Å². The lowest BCUT2D eigenvalue weighted by atomic mass is 10.1. The molecule has 3 rings (SSSR count). The van der Waals surface area contributed by atoms with Crippen LogP contribution in [0.15, 0.2) is 64.4 Å². The molecule has 0 radical (unpaired) electrons. The molecule has 36 heavy (non-hydrogen) atoms. The quantitative estimate of drug-likeness (QED) is 0.229. The fourth-order valence-corrected chi connectivity index (χ4v) is 4.83. The summed E-state index contributed by atoms with van der Waals surface area (Å²) < 4.78 is 45.1. The molecule has 0 saturated heterocycles. The van der Waals surface area contributed by atoms with Crippen LogP contribution in [0.5, 0.6) is 17.2 Å². The highest BCUT2D eigenvalue weighted by Gasteiger charge is 2.23. The zero-order valence-electron chi connectivity index (χ0n) is 20.1. The number of sulfone groups is 1. The number of carbonyl (C=O) groups excluding carboxylic acids is 2. The Morgan fingerprint density at radius 1 is 0.972 bits per heavy atom. The monoisotopic (exact) mass is 514 g/mol. The van der Waals surface area contributed by atoms with Gasteiger partial charge in [-0.2, -0.15) is 0 Å². The number of amides is 2. The molecule has 2 amide bonds. The second kappa shape index (κ2) is 11.2. The van der Waals surface area contributed by atoms with Crippen molar-refractivity contribution in [3.8, 4) is 17.2 Å². The number of carbonyl (C=O) groups is 2. The van der Waals surface area contributed by atoms with Crippen molar-refractivity contribution in [1.29, 1.82) is 0 Å². The van der Waals surface area contributed by atoms with Crippen LogP contribution >= 0.6 is 0 Å². The molecule has 0 atom stereocenters. The standard InChI is InChI=1S/C26H27FN2O6S/c1-4-5-12-28-25(31)26(32)29-19-13-16(2)24(17(3)14-19)35-20-8-11-22(30)23(15-20)36(33,34)21-9-6-18(27)7-10-21/h6-11,13-15,30H,4-5,12H2,1-3H3,(H,28,31)(H,29,32). The summed E-state index contributed by atoms with van der Waals surface area (Å²) in [6.07, 6.45) is 1.66. The van der Waals surface area contributed by atoms with Crippen molar-refractivity contribution in [2.24, 2.45) is 0 Å². The van der Waals surface area contributed by atoms with E-state index in [9.17, 15) is 27.5 Å². The molecule has 0 aliphatic carbocycles. The van der Waals surface area contributed by atoms with Crippen LogP contribution in [-0.2, 0) is 19.4 Å². The van der Waals surface area contributed by atoms with Gasteiger partial charge in [0.05, 0.1) is 4.90 Å². The maximum atomic E-state index is 13.2. The molecule has 0 bridgehead atoms. The summed E-state index contributed by atoms with van der Waals surface area (Å²) in [5, 5.41) is 15.3. The van der Waals surface area contributed by atoms with Gasteiger partial charge in [-0.25, -0.2) is 12.8 Å². The fourth-order valence-electron chi connectivity index (χ4n) is 3.46. The molecule has 10 heteroatoms. The zero-order chi connectivity index (χ0) is 26.5. The van der Waals surface area contributed by atoms with Crippen molar-refractivity contribution < 1.29 is 32.2 Å². The Labute approximate surface area is 209 Å². The molecule has 0 aliphatic rings. The number of hydrogen-bond donors (Lipinski definition) is 3. The SMILES string of the molecule is CCCCNC(=O)C(=O)Nc1cc(C)c(Oc2ccc(O)c(S(=O)(=O)c3ccc(F)cc3)c2)c(C)c1. The average Bonchev–Trinajstić information content (AvgIpc) is 2.82. The number of hydrogen-bond acceptors (Lipinski definition) is 6. The van der Waals surface area contributed by atoms with E-state index < -0.39 is 33.2 Å². The largest absolute Gasteiger partial charge is 0.507 e. The molecule has 0 heterocycles. The Balaban J connectivity index is 1.82. The van der Waals surface area contributed by atoms with E-state index in [-0.39, 0.29) is 15.5 Å². The molecule has 190 valence electrons. The van der Waals surface area contributed by atoms with E-state index in [0.29, 0.717) is 29.1 Å². The summed E-state index contributed by atoms with van der Waals surface area (Å²) in [7, 11) is -4.14. The first-order valence-corrected chi connectivity index (χ1v) is 12.7. The lowest BCUT2D eigenvalue weighted by Gasteiger charge is -2.15. The maximum absolute atomic E-state index is 13.2. The Bertz CT molecular complexity index is 1370. The molecule has 0 spiro atoms. The van der Waals surface area contributed by atoms with Gasteiger partial charge in [0.1, 0.15) is 28.0 Å². The molecule has 3 aromatic carbocycles. The lowest BCUT2D eigenvalue weighted by molar-refractivity contribution is -0.136. The second-order valence-corrected chi connectivity index (χ2v) is 10.1. The number of nitrogens with one attached hydrogen (secondary N) is 2. The van der Waals surface area contributed by atoms with Gasteiger partial charge in [0.2, 0.25) is 9.84 Å². The summed E-state index contributed by atoms with van der Waals surface area (Å²) in [6.45, 7) is 5.86.